The molecule has 1 atom stereocenters. The van der Waals surface area contributed by atoms with Crippen LogP contribution in [0.5, 0.6) is 5.75 Å². The first kappa shape index (κ1) is 18.2. The molecule has 2 aromatic rings. The Hall–Kier alpha value is -2.18. The molecule has 2 saturated heterocycles. The van der Waals surface area contributed by atoms with Gasteiger partial charge in [0.25, 0.3) is 0 Å². The fourth-order valence-electron chi connectivity index (χ4n) is 4.20. The number of nitrogens with zero attached hydrogens (tertiary/aromatic N) is 3. The Kier molecular flexibility index (Phi) is 5.27. The molecule has 2 aliphatic rings. The summed E-state index contributed by atoms with van der Waals surface area (Å²) in [6.07, 6.45) is 5.93. The standard InChI is InChI=1S/C21H28N4O2/c1-16-11-23-20(24-12-16)22-9-7-18-8-10-27-21(18)14-25(15-21)13-17-3-5-19(26-2)6-4-17/h3-6,11-12,18H,7-10,13-15H2,1-2H3,(H,22,23,24)/t18-/m0/s1. The predicted octanol–water partition coefficient (Wildman–Crippen LogP) is 2.89. The normalized spacial score (nSPS) is 21.2. The van der Waals surface area contributed by atoms with Crippen molar-refractivity contribution in [3.63, 3.8) is 0 Å². The van der Waals surface area contributed by atoms with E-state index in [0.717, 1.165) is 56.9 Å². The molecule has 144 valence electrons. The zero-order chi connectivity index (χ0) is 18.7. The molecular weight excluding hydrogens is 340 g/mol. The van der Waals surface area contributed by atoms with Gasteiger partial charge >= 0.3 is 0 Å². The fraction of sp³-hybridized carbons (Fsp3) is 0.524. The van der Waals surface area contributed by atoms with Crippen LogP contribution in [0, 0.1) is 12.8 Å². The molecular formula is C21H28N4O2. The van der Waals surface area contributed by atoms with E-state index in [4.69, 9.17) is 9.47 Å². The minimum absolute atomic E-state index is 0.0439. The molecule has 3 heterocycles. The van der Waals surface area contributed by atoms with Crippen LogP contribution in [-0.2, 0) is 11.3 Å². The lowest BCUT2D eigenvalue weighted by Crippen LogP contribution is -2.64. The van der Waals surface area contributed by atoms with Gasteiger partial charge in [0.15, 0.2) is 0 Å². The molecule has 4 rings (SSSR count). The van der Waals surface area contributed by atoms with Gasteiger partial charge < -0.3 is 14.8 Å². The van der Waals surface area contributed by atoms with E-state index >= 15 is 0 Å². The third-order valence-electron chi connectivity index (χ3n) is 5.70. The molecule has 0 amide bonds. The Labute approximate surface area is 160 Å². The molecule has 0 aliphatic carbocycles. The van der Waals surface area contributed by atoms with Crippen LogP contribution in [0.4, 0.5) is 5.95 Å². The Bertz CT molecular complexity index is 742. The van der Waals surface area contributed by atoms with Crippen molar-refractivity contribution in [2.45, 2.75) is 31.9 Å². The van der Waals surface area contributed by atoms with Gasteiger partial charge in [-0.1, -0.05) is 12.1 Å². The molecule has 2 aliphatic heterocycles. The van der Waals surface area contributed by atoms with E-state index in [0.29, 0.717) is 11.9 Å². The number of aromatic nitrogens is 2. The maximum atomic E-state index is 6.19. The average Bonchev–Trinajstić information content (AvgIpc) is 3.07. The molecule has 0 saturated carbocycles. The van der Waals surface area contributed by atoms with E-state index in [2.05, 4.69) is 32.3 Å². The van der Waals surface area contributed by atoms with Crippen LogP contribution in [0.15, 0.2) is 36.7 Å². The molecule has 27 heavy (non-hydrogen) atoms. The lowest BCUT2D eigenvalue weighted by atomic mass is 9.78. The summed E-state index contributed by atoms with van der Waals surface area (Å²) in [5.74, 6) is 2.22. The topological polar surface area (TPSA) is 59.5 Å². The molecule has 1 N–H and O–H groups in total. The smallest absolute Gasteiger partial charge is 0.222 e. The summed E-state index contributed by atoms with van der Waals surface area (Å²) in [4.78, 5) is 11.1. The van der Waals surface area contributed by atoms with Crippen molar-refractivity contribution >= 4 is 5.95 Å². The van der Waals surface area contributed by atoms with Crippen LogP contribution in [-0.4, -0.2) is 53.8 Å². The van der Waals surface area contributed by atoms with E-state index in [1.54, 1.807) is 7.11 Å². The molecule has 1 aromatic carbocycles. The second-order valence-electron chi connectivity index (χ2n) is 7.69. The number of ether oxygens (including phenoxy) is 2. The van der Waals surface area contributed by atoms with E-state index < -0.39 is 0 Å². The highest BCUT2D eigenvalue weighted by Gasteiger charge is 2.52. The third-order valence-corrected chi connectivity index (χ3v) is 5.70. The highest BCUT2D eigenvalue weighted by molar-refractivity contribution is 5.27. The number of methoxy groups -OCH3 is 1. The largest absolute Gasteiger partial charge is 0.497 e. The van der Waals surface area contributed by atoms with E-state index in [1.165, 1.54) is 5.56 Å². The number of anilines is 1. The van der Waals surface area contributed by atoms with Crippen LogP contribution in [0.25, 0.3) is 0 Å². The van der Waals surface area contributed by atoms with Crippen molar-refractivity contribution in [1.82, 2.24) is 14.9 Å². The van der Waals surface area contributed by atoms with Gasteiger partial charge in [-0.05, 0) is 48.9 Å². The van der Waals surface area contributed by atoms with E-state index in [1.807, 2.05) is 31.5 Å². The summed E-state index contributed by atoms with van der Waals surface area (Å²) >= 11 is 0. The van der Waals surface area contributed by atoms with Crippen molar-refractivity contribution in [2.75, 3.05) is 38.7 Å². The highest BCUT2D eigenvalue weighted by atomic mass is 16.5. The lowest BCUT2D eigenvalue weighted by Gasteiger charge is -2.50. The molecule has 0 unspecified atom stereocenters. The second kappa shape index (κ2) is 7.82. The quantitative estimate of drug-likeness (QED) is 0.811. The summed E-state index contributed by atoms with van der Waals surface area (Å²) in [7, 11) is 1.70. The number of likely N-dealkylation sites (tertiary alicyclic amines) is 1. The Morgan fingerprint density at radius 3 is 2.67 bits per heavy atom. The first-order valence-corrected chi connectivity index (χ1v) is 9.69. The van der Waals surface area contributed by atoms with Crippen LogP contribution in [0.2, 0.25) is 0 Å². The van der Waals surface area contributed by atoms with Crippen LogP contribution in [0.3, 0.4) is 0 Å². The number of aryl methyl sites for hydroxylation is 1. The molecule has 0 bridgehead atoms. The van der Waals surface area contributed by atoms with Gasteiger partial charge in [-0.2, -0.15) is 0 Å². The second-order valence-corrected chi connectivity index (χ2v) is 7.69. The number of hydrogen-bond donors (Lipinski definition) is 1. The first-order chi connectivity index (χ1) is 13.2. The SMILES string of the molecule is COc1ccc(CN2CC3(C2)OCC[C@@H]3CCNc2ncc(C)cn2)cc1. The zero-order valence-corrected chi connectivity index (χ0v) is 16.1. The van der Waals surface area contributed by atoms with Gasteiger partial charge in [0, 0.05) is 45.2 Å². The first-order valence-electron chi connectivity index (χ1n) is 9.69. The van der Waals surface area contributed by atoms with Crippen molar-refractivity contribution in [3.8, 4) is 5.75 Å². The van der Waals surface area contributed by atoms with Gasteiger partial charge in [0.05, 0.1) is 12.7 Å². The Morgan fingerprint density at radius 2 is 1.96 bits per heavy atom. The number of benzene rings is 1. The summed E-state index contributed by atoms with van der Waals surface area (Å²) in [5, 5.41) is 3.34. The summed E-state index contributed by atoms with van der Waals surface area (Å²) in [5.41, 5.74) is 2.44. The van der Waals surface area contributed by atoms with E-state index in [9.17, 15) is 0 Å². The number of nitrogens with one attached hydrogen (secondary N) is 1. The van der Waals surface area contributed by atoms with Gasteiger partial charge in [0.2, 0.25) is 5.95 Å². The van der Waals surface area contributed by atoms with E-state index in [-0.39, 0.29) is 5.60 Å². The van der Waals surface area contributed by atoms with Crippen molar-refractivity contribution < 1.29 is 9.47 Å². The Balaban J connectivity index is 1.25. The molecule has 6 nitrogen and oxygen atoms in total. The van der Waals surface area contributed by atoms with Crippen LogP contribution < -0.4 is 10.1 Å². The summed E-state index contributed by atoms with van der Waals surface area (Å²) in [6.45, 7) is 6.77. The molecule has 6 heteroatoms. The predicted molar refractivity (Wildman–Crippen MR) is 105 cm³/mol. The fourth-order valence-corrected chi connectivity index (χ4v) is 4.20. The molecule has 0 radical (unpaired) electrons. The summed E-state index contributed by atoms with van der Waals surface area (Å²) < 4.78 is 11.4. The van der Waals surface area contributed by atoms with Gasteiger partial charge in [-0.25, -0.2) is 9.97 Å². The van der Waals surface area contributed by atoms with Crippen LogP contribution >= 0.6 is 0 Å². The molecule has 2 fully saturated rings. The molecule has 1 aromatic heterocycles. The van der Waals surface area contributed by atoms with Gasteiger partial charge in [-0.3, -0.25) is 4.90 Å². The lowest BCUT2D eigenvalue weighted by molar-refractivity contribution is -0.136. The summed E-state index contributed by atoms with van der Waals surface area (Å²) in [6, 6.07) is 8.34. The van der Waals surface area contributed by atoms with Gasteiger partial charge in [-0.15, -0.1) is 0 Å². The minimum Gasteiger partial charge on any atom is -0.497 e. The zero-order valence-electron chi connectivity index (χ0n) is 16.1. The van der Waals surface area contributed by atoms with Crippen molar-refractivity contribution in [1.29, 1.82) is 0 Å². The average molecular weight is 368 g/mol. The monoisotopic (exact) mass is 368 g/mol. The molecule has 1 spiro atoms. The maximum Gasteiger partial charge on any atom is 0.222 e. The number of rotatable bonds is 7. The maximum absolute atomic E-state index is 6.19. The third kappa shape index (κ3) is 4.06. The highest BCUT2D eigenvalue weighted by Crippen LogP contribution is 2.42. The van der Waals surface area contributed by atoms with Crippen LogP contribution in [0.1, 0.15) is 24.0 Å². The number of hydrogen-bond acceptors (Lipinski definition) is 6. The Morgan fingerprint density at radius 1 is 1.22 bits per heavy atom. The minimum atomic E-state index is 0.0439. The van der Waals surface area contributed by atoms with Gasteiger partial charge in [0.1, 0.15) is 5.75 Å². The van der Waals surface area contributed by atoms with Crippen molar-refractivity contribution in [2.24, 2.45) is 5.92 Å². The van der Waals surface area contributed by atoms with Crippen molar-refractivity contribution in [3.05, 3.63) is 47.8 Å².